The number of hydrogen-bond acceptors (Lipinski definition) is 2. The van der Waals surface area contributed by atoms with Gasteiger partial charge >= 0.3 is 0 Å². The van der Waals surface area contributed by atoms with Crippen molar-refractivity contribution in [1.29, 1.82) is 0 Å². The lowest BCUT2D eigenvalue weighted by molar-refractivity contribution is 0.631. The molecule has 0 N–H and O–H groups in total. The second-order valence-electron chi connectivity index (χ2n) is 3.38. The Morgan fingerprint density at radius 1 is 1.00 bits per heavy atom. The van der Waals surface area contributed by atoms with E-state index in [2.05, 4.69) is 10.2 Å². The third-order valence-corrected chi connectivity index (χ3v) is 3.27. The smallest absolute Gasteiger partial charge is 0.160 e. The van der Waals surface area contributed by atoms with Crippen LogP contribution in [0, 0.1) is 12.7 Å². The quantitative estimate of drug-likeness (QED) is 0.770. The van der Waals surface area contributed by atoms with E-state index in [1.165, 1.54) is 12.1 Å². The summed E-state index contributed by atoms with van der Waals surface area (Å²) in [4.78, 5) is 0. The Labute approximate surface area is 112 Å². The van der Waals surface area contributed by atoms with Crippen LogP contribution in [0.2, 0.25) is 15.3 Å². The Morgan fingerprint density at radius 3 is 2.29 bits per heavy atom. The topological polar surface area (TPSA) is 25.8 Å². The molecule has 2 aromatic rings. The van der Waals surface area contributed by atoms with Crippen LogP contribution >= 0.6 is 34.8 Å². The monoisotopic (exact) mass is 290 g/mol. The zero-order valence-electron chi connectivity index (χ0n) is 8.64. The summed E-state index contributed by atoms with van der Waals surface area (Å²) < 4.78 is 13.8. The molecule has 0 saturated carbocycles. The van der Waals surface area contributed by atoms with Gasteiger partial charge in [-0.25, -0.2) is 4.39 Å². The lowest BCUT2D eigenvalue weighted by Crippen LogP contribution is -1.96. The average molecular weight is 292 g/mol. The summed E-state index contributed by atoms with van der Waals surface area (Å²) in [7, 11) is 0. The molecule has 0 aliphatic carbocycles. The van der Waals surface area contributed by atoms with Gasteiger partial charge in [-0.2, -0.15) is 0 Å². The molecule has 0 aliphatic heterocycles. The largest absolute Gasteiger partial charge is 0.206 e. The zero-order valence-corrected chi connectivity index (χ0v) is 10.9. The first-order chi connectivity index (χ1) is 8.02. The number of hydrogen-bond donors (Lipinski definition) is 0. The number of nitrogens with zero attached hydrogens (tertiary/aromatic N) is 2. The molecule has 0 fully saturated rings. The van der Waals surface area contributed by atoms with E-state index in [0.717, 1.165) is 0 Å². The molecule has 2 nitrogen and oxygen atoms in total. The molecule has 88 valence electrons. The summed E-state index contributed by atoms with van der Waals surface area (Å²) in [6, 6.07) is 4.38. The summed E-state index contributed by atoms with van der Waals surface area (Å²) in [5.41, 5.74) is 1.10. The molecule has 0 spiro atoms. The summed E-state index contributed by atoms with van der Waals surface area (Å²) in [5.74, 6) is -0.480. The highest BCUT2D eigenvalue weighted by Crippen LogP contribution is 2.37. The van der Waals surface area contributed by atoms with Gasteiger partial charge in [-0.1, -0.05) is 40.9 Å². The number of halogens is 4. The van der Waals surface area contributed by atoms with E-state index in [-0.39, 0.29) is 20.9 Å². The Kier molecular flexibility index (Phi) is 3.52. The molecule has 0 amide bonds. The van der Waals surface area contributed by atoms with Gasteiger partial charge in [0.25, 0.3) is 0 Å². The van der Waals surface area contributed by atoms with Crippen LogP contribution in [-0.2, 0) is 0 Å². The van der Waals surface area contributed by atoms with E-state index in [1.54, 1.807) is 13.0 Å². The molecular formula is C11H6Cl3FN2. The van der Waals surface area contributed by atoms with E-state index in [0.29, 0.717) is 11.1 Å². The lowest BCUT2D eigenvalue weighted by atomic mass is 10.0. The molecule has 1 heterocycles. The Hall–Kier alpha value is -0.900. The predicted octanol–water partition coefficient (Wildman–Crippen LogP) is 4.55. The van der Waals surface area contributed by atoms with E-state index in [1.807, 2.05) is 0 Å². The van der Waals surface area contributed by atoms with Gasteiger partial charge in [-0.05, 0) is 24.6 Å². The van der Waals surface area contributed by atoms with E-state index in [4.69, 9.17) is 34.8 Å². The van der Waals surface area contributed by atoms with Crippen molar-refractivity contribution < 1.29 is 4.39 Å². The van der Waals surface area contributed by atoms with Crippen molar-refractivity contribution in [2.24, 2.45) is 0 Å². The molecule has 0 atom stereocenters. The van der Waals surface area contributed by atoms with Crippen LogP contribution in [0.1, 0.15) is 5.56 Å². The average Bonchev–Trinajstić information content (AvgIpc) is 2.28. The van der Waals surface area contributed by atoms with Gasteiger partial charge in [-0.3, -0.25) is 0 Å². The molecule has 2 rings (SSSR count). The van der Waals surface area contributed by atoms with Crippen molar-refractivity contribution in [3.8, 4) is 11.1 Å². The fourth-order valence-electron chi connectivity index (χ4n) is 1.50. The number of benzene rings is 1. The third kappa shape index (κ3) is 2.23. The Balaban J connectivity index is 2.82. The summed E-state index contributed by atoms with van der Waals surface area (Å²) in [6.07, 6.45) is 0. The zero-order chi connectivity index (χ0) is 12.6. The van der Waals surface area contributed by atoms with Crippen molar-refractivity contribution >= 4 is 34.8 Å². The molecule has 0 unspecified atom stereocenters. The fraction of sp³-hybridized carbons (Fsp3) is 0.0909. The van der Waals surface area contributed by atoms with Gasteiger partial charge < -0.3 is 0 Å². The first-order valence-corrected chi connectivity index (χ1v) is 5.78. The second-order valence-corrected chi connectivity index (χ2v) is 4.50. The van der Waals surface area contributed by atoms with E-state index in [9.17, 15) is 4.39 Å². The second kappa shape index (κ2) is 4.77. The van der Waals surface area contributed by atoms with Crippen molar-refractivity contribution in [3.63, 3.8) is 0 Å². The molecule has 6 heteroatoms. The van der Waals surface area contributed by atoms with E-state index >= 15 is 0 Å². The van der Waals surface area contributed by atoms with Crippen LogP contribution in [-0.4, -0.2) is 10.2 Å². The van der Waals surface area contributed by atoms with E-state index < -0.39 is 5.82 Å². The van der Waals surface area contributed by atoms with Gasteiger partial charge in [-0.15, -0.1) is 10.2 Å². The first-order valence-electron chi connectivity index (χ1n) is 4.65. The highest BCUT2D eigenvalue weighted by atomic mass is 35.5. The SMILES string of the molecule is Cc1c(Cl)nnc(Cl)c1-c1c(F)cccc1Cl. The molecule has 17 heavy (non-hydrogen) atoms. The van der Waals surface area contributed by atoms with Crippen LogP contribution < -0.4 is 0 Å². The normalized spacial score (nSPS) is 10.6. The first kappa shape index (κ1) is 12.6. The summed E-state index contributed by atoms with van der Waals surface area (Å²) >= 11 is 17.7. The molecule has 0 aliphatic rings. The fourth-order valence-corrected chi connectivity index (χ4v) is 2.16. The van der Waals surface area contributed by atoms with Crippen molar-refractivity contribution in [3.05, 3.63) is 44.9 Å². The molecule has 0 radical (unpaired) electrons. The van der Waals surface area contributed by atoms with Gasteiger partial charge in [0, 0.05) is 11.1 Å². The number of rotatable bonds is 1. The Bertz CT molecular complexity index is 567. The van der Waals surface area contributed by atoms with Gasteiger partial charge in [0.2, 0.25) is 0 Å². The maximum Gasteiger partial charge on any atom is 0.160 e. The van der Waals surface area contributed by atoms with Crippen LogP contribution in [0.3, 0.4) is 0 Å². The molecule has 0 bridgehead atoms. The summed E-state index contributed by atoms with van der Waals surface area (Å²) in [5, 5.41) is 7.79. The molecule has 1 aromatic heterocycles. The summed E-state index contributed by atoms with van der Waals surface area (Å²) in [6.45, 7) is 1.68. The van der Waals surface area contributed by atoms with Crippen LogP contribution in [0.5, 0.6) is 0 Å². The molecule has 0 saturated heterocycles. The minimum absolute atomic E-state index is 0.0684. The highest BCUT2D eigenvalue weighted by Gasteiger charge is 2.18. The maximum absolute atomic E-state index is 13.8. The Morgan fingerprint density at radius 2 is 1.65 bits per heavy atom. The lowest BCUT2D eigenvalue weighted by Gasteiger charge is -2.10. The van der Waals surface area contributed by atoms with Crippen molar-refractivity contribution in [1.82, 2.24) is 10.2 Å². The van der Waals surface area contributed by atoms with Crippen molar-refractivity contribution in [2.75, 3.05) is 0 Å². The predicted molar refractivity (Wildman–Crippen MR) is 67.2 cm³/mol. The van der Waals surface area contributed by atoms with Crippen LogP contribution in [0.15, 0.2) is 18.2 Å². The minimum Gasteiger partial charge on any atom is -0.206 e. The van der Waals surface area contributed by atoms with Crippen molar-refractivity contribution in [2.45, 2.75) is 6.92 Å². The van der Waals surface area contributed by atoms with Gasteiger partial charge in [0.1, 0.15) is 5.82 Å². The van der Waals surface area contributed by atoms with Crippen LogP contribution in [0.25, 0.3) is 11.1 Å². The third-order valence-electron chi connectivity index (χ3n) is 2.33. The highest BCUT2D eigenvalue weighted by molar-refractivity contribution is 6.37. The molecular weight excluding hydrogens is 285 g/mol. The van der Waals surface area contributed by atoms with Gasteiger partial charge in [0.15, 0.2) is 10.3 Å². The van der Waals surface area contributed by atoms with Gasteiger partial charge in [0.05, 0.1) is 5.02 Å². The number of aromatic nitrogens is 2. The standard InChI is InChI=1S/C11H6Cl3FN2/c1-5-8(11(14)17-16-10(5)13)9-6(12)3-2-4-7(9)15/h2-4H,1H3. The molecule has 1 aromatic carbocycles. The minimum atomic E-state index is -0.480. The van der Waals surface area contributed by atoms with Crippen LogP contribution in [0.4, 0.5) is 4.39 Å². The maximum atomic E-state index is 13.8.